The maximum atomic E-state index is 12.9. The van der Waals surface area contributed by atoms with Gasteiger partial charge in [0.25, 0.3) is 0 Å². The van der Waals surface area contributed by atoms with Crippen molar-refractivity contribution in [3.63, 3.8) is 0 Å². The zero-order chi connectivity index (χ0) is 24.3. The lowest BCUT2D eigenvalue weighted by Gasteiger charge is -2.19. The second kappa shape index (κ2) is 9.85. The monoisotopic (exact) mass is 474 g/mol. The number of aryl methyl sites for hydroxylation is 1. The van der Waals surface area contributed by atoms with Gasteiger partial charge in [0.15, 0.2) is 11.0 Å². The molecule has 176 valence electrons. The molecule has 8 heteroatoms. The van der Waals surface area contributed by atoms with Crippen LogP contribution in [0.1, 0.15) is 43.8 Å². The van der Waals surface area contributed by atoms with Gasteiger partial charge in [-0.25, -0.2) is 4.98 Å². The summed E-state index contributed by atoms with van der Waals surface area (Å²) >= 11 is 1.37. The van der Waals surface area contributed by atoms with Gasteiger partial charge in [0.2, 0.25) is 5.91 Å². The molecule has 1 amide bonds. The Bertz CT molecular complexity index is 1250. The van der Waals surface area contributed by atoms with Gasteiger partial charge in [-0.2, -0.15) is 0 Å². The van der Waals surface area contributed by atoms with E-state index in [9.17, 15) is 4.79 Å². The molecule has 0 radical (unpaired) electrons. The summed E-state index contributed by atoms with van der Waals surface area (Å²) in [6.07, 6.45) is 3.61. The van der Waals surface area contributed by atoms with Gasteiger partial charge >= 0.3 is 0 Å². The zero-order valence-corrected chi connectivity index (χ0v) is 21.0. The molecule has 4 rings (SSSR count). The second-order valence-corrected chi connectivity index (χ2v) is 10.2. The number of carbonyl (C=O) groups excluding carboxylic acids is 1. The molecule has 2 heterocycles. The number of thioether (sulfide) groups is 1. The SMILES string of the molecule is Cn1ccnc1C(NC(=O)CSc1nnc(-c2ccc(C(C)(C)C)cc2)n1C)c1ccccc1. The van der Waals surface area contributed by atoms with Crippen molar-refractivity contribution in [3.8, 4) is 11.4 Å². The number of amides is 1. The predicted molar refractivity (Wildman–Crippen MR) is 135 cm³/mol. The van der Waals surface area contributed by atoms with Crippen molar-refractivity contribution >= 4 is 17.7 Å². The third kappa shape index (κ3) is 5.22. The van der Waals surface area contributed by atoms with Crippen molar-refractivity contribution < 1.29 is 4.79 Å². The van der Waals surface area contributed by atoms with E-state index in [1.807, 2.05) is 59.8 Å². The van der Waals surface area contributed by atoms with Crippen LogP contribution < -0.4 is 5.32 Å². The van der Waals surface area contributed by atoms with Crippen LogP contribution in [0.3, 0.4) is 0 Å². The number of nitrogens with one attached hydrogen (secondary N) is 1. The second-order valence-electron chi connectivity index (χ2n) is 9.29. The molecule has 1 atom stereocenters. The van der Waals surface area contributed by atoms with E-state index >= 15 is 0 Å². The van der Waals surface area contributed by atoms with Gasteiger partial charge in [0, 0.05) is 32.1 Å². The molecule has 0 saturated heterocycles. The van der Waals surface area contributed by atoms with Gasteiger partial charge in [0.1, 0.15) is 11.9 Å². The van der Waals surface area contributed by atoms with Crippen molar-refractivity contribution in [2.45, 2.75) is 37.4 Å². The van der Waals surface area contributed by atoms with E-state index in [1.54, 1.807) is 6.20 Å². The van der Waals surface area contributed by atoms with Crippen LogP contribution in [-0.2, 0) is 24.3 Å². The van der Waals surface area contributed by atoms with Gasteiger partial charge in [-0.15, -0.1) is 10.2 Å². The molecule has 0 aliphatic carbocycles. The summed E-state index contributed by atoms with van der Waals surface area (Å²) in [5.41, 5.74) is 3.35. The van der Waals surface area contributed by atoms with Gasteiger partial charge < -0.3 is 14.5 Å². The number of aromatic nitrogens is 5. The Kier molecular flexibility index (Phi) is 6.88. The number of carbonyl (C=O) groups is 1. The summed E-state index contributed by atoms with van der Waals surface area (Å²) in [4.78, 5) is 17.4. The summed E-state index contributed by atoms with van der Waals surface area (Å²) in [5, 5.41) is 12.5. The third-order valence-corrected chi connectivity index (χ3v) is 6.75. The molecule has 2 aromatic carbocycles. The molecule has 2 aromatic heterocycles. The molecule has 1 unspecified atom stereocenters. The zero-order valence-electron chi connectivity index (χ0n) is 20.2. The molecule has 0 spiro atoms. The molecule has 7 nitrogen and oxygen atoms in total. The van der Waals surface area contributed by atoms with Crippen LogP contribution in [0.15, 0.2) is 72.1 Å². The highest BCUT2D eigenvalue weighted by molar-refractivity contribution is 7.99. The molecular formula is C26H30N6OS. The fourth-order valence-electron chi connectivity index (χ4n) is 3.74. The minimum atomic E-state index is -0.328. The average Bonchev–Trinajstić information content (AvgIpc) is 3.41. The molecule has 1 N–H and O–H groups in total. The van der Waals surface area contributed by atoms with E-state index in [0.29, 0.717) is 5.16 Å². The lowest BCUT2D eigenvalue weighted by Crippen LogP contribution is -2.32. The van der Waals surface area contributed by atoms with Gasteiger partial charge in [-0.3, -0.25) is 4.79 Å². The van der Waals surface area contributed by atoms with Crippen LogP contribution in [0.2, 0.25) is 0 Å². The summed E-state index contributed by atoms with van der Waals surface area (Å²) in [6.45, 7) is 6.58. The maximum absolute atomic E-state index is 12.9. The molecule has 0 fully saturated rings. The van der Waals surface area contributed by atoms with E-state index < -0.39 is 0 Å². The van der Waals surface area contributed by atoms with E-state index in [2.05, 4.69) is 65.5 Å². The Labute approximate surface area is 204 Å². The highest BCUT2D eigenvalue weighted by atomic mass is 32.2. The Morgan fingerprint density at radius 2 is 1.74 bits per heavy atom. The first-order chi connectivity index (χ1) is 16.2. The highest BCUT2D eigenvalue weighted by Gasteiger charge is 2.21. The number of imidazole rings is 1. The van der Waals surface area contributed by atoms with E-state index in [-0.39, 0.29) is 23.1 Å². The standard InChI is InChI=1S/C26H30N6OS/c1-26(2,3)20-13-11-19(12-14-20)23-29-30-25(32(23)5)34-17-21(33)28-22(18-9-7-6-8-10-18)24-27-15-16-31(24)4/h6-16,22H,17H2,1-5H3,(H,28,33). The van der Waals surface area contributed by atoms with Crippen LogP contribution in [0, 0.1) is 0 Å². The number of benzene rings is 2. The van der Waals surface area contributed by atoms with Crippen molar-refractivity contribution in [2.24, 2.45) is 14.1 Å². The fraction of sp³-hybridized carbons (Fsp3) is 0.308. The average molecular weight is 475 g/mol. The van der Waals surface area contributed by atoms with Gasteiger partial charge in [0.05, 0.1) is 5.75 Å². The Balaban J connectivity index is 1.45. The number of rotatable bonds is 7. The van der Waals surface area contributed by atoms with Crippen molar-refractivity contribution in [1.29, 1.82) is 0 Å². The quantitative estimate of drug-likeness (QED) is 0.399. The molecule has 0 aliphatic heterocycles. The molecule has 0 aliphatic rings. The van der Waals surface area contributed by atoms with Crippen LogP contribution in [0.4, 0.5) is 0 Å². The number of nitrogens with zero attached hydrogens (tertiary/aromatic N) is 5. The number of hydrogen-bond donors (Lipinski definition) is 1. The topological polar surface area (TPSA) is 77.6 Å². The smallest absolute Gasteiger partial charge is 0.231 e. The van der Waals surface area contributed by atoms with Crippen LogP contribution >= 0.6 is 11.8 Å². The third-order valence-electron chi connectivity index (χ3n) is 5.73. The Morgan fingerprint density at radius 1 is 1.03 bits per heavy atom. The summed E-state index contributed by atoms with van der Waals surface area (Å²) in [5.74, 6) is 1.69. The van der Waals surface area contributed by atoms with Crippen LogP contribution in [0.5, 0.6) is 0 Å². The van der Waals surface area contributed by atoms with Crippen LogP contribution in [-0.4, -0.2) is 36.0 Å². The maximum Gasteiger partial charge on any atom is 0.231 e. The van der Waals surface area contributed by atoms with Crippen molar-refractivity contribution in [2.75, 3.05) is 5.75 Å². The lowest BCUT2D eigenvalue weighted by molar-refractivity contribution is -0.119. The first kappa shape index (κ1) is 23.8. The first-order valence-electron chi connectivity index (χ1n) is 11.2. The van der Waals surface area contributed by atoms with Crippen molar-refractivity contribution in [3.05, 3.63) is 83.9 Å². The van der Waals surface area contributed by atoms with E-state index in [0.717, 1.165) is 22.8 Å². The van der Waals surface area contributed by atoms with Gasteiger partial charge in [-0.1, -0.05) is 87.1 Å². The van der Waals surface area contributed by atoms with E-state index in [1.165, 1.54) is 17.3 Å². The van der Waals surface area contributed by atoms with Crippen molar-refractivity contribution in [1.82, 2.24) is 29.6 Å². The van der Waals surface area contributed by atoms with Crippen LogP contribution in [0.25, 0.3) is 11.4 Å². The predicted octanol–water partition coefficient (Wildman–Crippen LogP) is 4.51. The highest BCUT2D eigenvalue weighted by Crippen LogP contribution is 2.27. The Hall–Kier alpha value is -3.39. The molecule has 34 heavy (non-hydrogen) atoms. The van der Waals surface area contributed by atoms with E-state index in [4.69, 9.17) is 0 Å². The molecular weight excluding hydrogens is 444 g/mol. The Morgan fingerprint density at radius 3 is 2.35 bits per heavy atom. The summed E-state index contributed by atoms with van der Waals surface area (Å²) < 4.78 is 3.85. The molecule has 4 aromatic rings. The van der Waals surface area contributed by atoms with Gasteiger partial charge in [-0.05, 0) is 16.5 Å². The number of hydrogen-bond acceptors (Lipinski definition) is 5. The summed E-state index contributed by atoms with van der Waals surface area (Å²) in [6, 6.07) is 17.9. The molecule has 0 saturated carbocycles. The lowest BCUT2D eigenvalue weighted by atomic mass is 9.87. The first-order valence-corrected chi connectivity index (χ1v) is 12.2. The molecule has 0 bridgehead atoms. The fourth-order valence-corrected chi connectivity index (χ4v) is 4.46. The normalized spacial score (nSPS) is 12.5. The minimum absolute atomic E-state index is 0.0964. The summed E-state index contributed by atoms with van der Waals surface area (Å²) in [7, 11) is 3.85. The largest absolute Gasteiger partial charge is 0.341 e. The minimum Gasteiger partial charge on any atom is -0.341 e.